The molecule has 2 heterocycles. The molecule has 0 amide bonds. The van der Waals surface area contributed by atoms with Crippen molar-refractivity contribution in [3.8, 4) is 5.88 Å². The average Bonchev–Trinajstić information content (AvgIpc) is 3.08. The maximum Gasteiger partial charge on any atom is 0.254 e. The van der Waals surface area contributed by atoms with E-state index in [2.05, 4.69) is 26.2 Å². The van der Waals surface area contributed by atoms with E-state index in [0.29, 0.717) is 24.8 Å². The Balaban J connectivity index is 1.59. The molecular formula is C14H12BrN3O2. The molecule has 0 bridgehead atoms. The van der Waals surface area contributed by atoms with Gasteiger partial charge in [0.25, 0.3) is 5.88 Å². The van der Waals surface area contributed by atoms with Gasteiger partial charge < -0.3 is 9.26 Å². The van der Waals surface area contributed by atoms with Crippen molar-refractivity contribution in [3.05, 3.63) is 64.6 Å². The number of ether oxygens (including phenoxy) is 1. The molecule has 2 aromatic heterocycles. The van der Waals surface area contributed by atoms with E-state index in [1.807, 2.05) is 36.5 Å². The summed E-state index contributed by atoms with van der Waals surface area (Å²) in [5, 5.41) is 8.04. The third kappa shape index (κ3) is 3.27. The summed E-state index contributed by atoms with van der Waals surface area (Å²) >= 11 is 3.35. The predicted molar refractivity (Wildman–Crippen MR) is 76.3 cm³/mol. The van der Waals surface area contributed by atoms with Crippen molar-refractivity contribution in [2.24, 2.45) is 0 Å². The second-order valence-corrected chi connectivity index (χ2v) is 5.18. The minimum absolute atomic E-state index is 0.472. The van der Waals surface area contributed by atoms with Gasteiger partial charge in [-0.05, 0) is 26.7 Å². The Morgan fingerprint density at radius 1 is 1.25 bits per heavy atom. The molecule has 0 N–H and O–H groups in total. The highest BCUT2D eigenvalue weighted by molar-refractivity contribution is 9.10. The van der Waals surface area contributed by atoms with E-state index >= 15 is 0 Å². The van der Waals surface area contributed by atoms with Gasteiger partial charge in [0.1, 0.15) is 13.2 Å². The highest BCUT2D eigenvalue weighted by atomic mass is 79.9. The Kier molecular flexibility index (Phi) is 3.83. The Labute approximate surface area is 124 Å². The molecule has 20 heavy (non-hydrogen) atoms. The maximum absolute atomic E-state index is 5.57. The summed E-state index contributed by atoms with van der Waals surface area (Å²) in [5.74, 6) is 1.18. The van der Waals surface area contributed by atoms with E-state index in [1.54, 1.807) is 16.9 Å². The van der Waals surface area contributed by atoms with Crippen LogP contribution in [0.1, 0.15) is 11.3 Å². The van der Waals surface area contributed by atoms with E-state index in [0.717, 1.165) is 10.0 Å². The number of halogens is 1. The van der Waals surface area contributed by atoms with Crippen LogP contribution in [0.25, 0.3) is 0 Å². The number of hydrogen-bond acceptors (Lipinski definition) is 4. The number of aromatic nitrogens is 3. The van der Waals surface area contributed by atoms with Crippen molar-refractivity contribution in [2.75, 3.05) is 0 Å². The standard InChI is InChI=1S/C14H12BrN3O2/c15-12-7-16-18(8-12)9-13-6-14(17-20-13)19-10-11-4-2-1-3-5-11/h1-8H,9-10H2. The first-order valence-electron chi connectivity index (χ1n) is 6.10. The molecular weight excluding hydrogens is 322 g/mol. The molecule has 0 saturated heterocycles. The van der Waals surface area contributed by atoms with Crippen LogP contribution in [0.4, 0.5) is 0 Å². The molecule has 3 aromatic rings. The largest absolute Gasteiger partial charge is 0.471 e. The van der Waals surface area contributed by atoms with E-state index in [-0.39, 0.29) is 0 Å². The van der Waals surface area contributed by atoms with Crippen LogP contribution in [0.3, 0.4) is 0 Å². The van der Waals surface area contributed by atoms with Crippen molar-refractivity contribution >= 4 is 15.9 Å². The molecule has 1 aromatic carbocycles. The second kappa shape index (κ2) is 5.92. The lowest BCUT2D eigenvalue weighted by atomic mass is 10.2. The van der Waals surface area contributed by atoms with Gasteiger partial charge in [0.2, 0.25) is 0 Å². The second-order valence-electron chi connectivity index (χ2n) is 4.26. The van der Waals surface area contributed by atoms with E-state index in [4.69, 9.17) is 9.26 Å². The topological polar surface area (TPSA) is 53.1 Å². The molecule has 0 aliphatic rings. The SMILES string of the molecule is Brc1cnn(Cc2cc(OCc3ccccc3)no2)c1. The Morgan fingerprint density at radius 3 is 2.85 bits per heavy atom. The van der Waals surface area contributed by atoms with Crippen LogP contribution in [0, 0.1) is 0 Å². The molecule has 0 atom stereocenters. The fraction of sp³-hybridized carbons (Fsp3) is 0.143. The maximum atomic E-state index is 5.57. The van der Waals surface area contributed by atoms with Crippen LogP contribution in [0.2, 0.25) is 0 Å². The summed E-state index contributed by atoms with van der Waals surface area (Å²) in [7, 11) is 0. The number of nitrogens with zero attached hydrogens (tertiary/aromatic N) is 3. The van der Waals surface area contributed by atoms with E-state index in [9.17, 15) is 0 Å². The normalized spacial score (nSPS) is 10.7. The van der Waals surface area contributed by atoms with Crippen LogP contribution >= 0.6 is 15.9 Å². The van der Waals surface area contributed by atoms with Crippen LogP contribution in [0.5, 0.6) is 5.88 Å². The minimum Gasteiger partial charge on any atom is -0.471 e. The average molecular weight is 334 g/mol. The first kappa shape index (κ1) is 12.9. The molecule has 0 saturated carbocycles. The quantitative estimate of drug-likeness (QED) is 0.719. The Bertz CT molecular complexity index is 679. The van der Waals surface area contributed by atoms with Crippen LogP contribution < -0.4 is 4.74 Å². The summed E-state index contributed by atoms with van der Waals surface area (Å²) in [5.41, 5.74) is 1.09. The molecule has 0 aliphatic heterocycles. The molecule has 0 spiro atoms. The van der Waals surface area contributed by atoms with Crippen molar-refractivity contribution in [2.45, 2.75) is 13.2 Å². The molecule has 102 valence electrons. The third-order valence-corrected chi connectivity index (χ3v) is 3.10. The summed E-state index contributed by atoms with van der Waals surface area (Å²) in [4.78, 5) is 0. The molecule has 6 heteroatoms. The van der Waals surface area contributed by atoms with Gasteiger partial charge in [-0.3, -0.25) is 4.68 Å². The van der Waals surface area contributed by atoms with Crippen LogP contribution in [0.15, 0.2) is 57.8 Å². The van der Waals surface area contributed by atoms with Gasteiger partial charge in [0.15, 0.2) is 5.76 Å². The zero-order valence-corrected chi connectivity index (χ0v) is 12.2. The van der Waals surface area contributed by atoms with E-state index < -0.39 is 0 Å². The number of rotatable bonds is 5. The molecule has 5 nitrogen and oxygen atoms in total. The van der Waals surface area contributed by atoms with Gasteiger partial charge in [0, 0.05) is 12.3 Å². The zero-order valence-electron chi connectivity index (χ0n) is 10.6. The first-order valence-corrected chi connectivity index (χ1v) is 6.89. The van der Waals surface area contributed by atoms with Gasteiger partial charge in [-0.25, -0.2) is 0 Å². The highest BCUT2D eigenvalue weighted by Gasteiger charge is 2.07. The summed E-state index contributed by atoms with van der Waals surface area (Å²) in [6.45, 7) is 0.993. The summed E-state index contributed by atoms with van der Waals surface area (Å²) < 4.78 is 13.5. The third-order valence-electron chi connectivity index (χ3n) is 2.69. The van der Waals surface area contributed by atoms with Gasteiger partial charge in [-0.2, -0.15) is 5.10 Å². The highest BCUT2D eigenvalue weighted by Crippen LogP contribution is 2.15. The molecule has 0 radical (unpaired) electrons. The molecule has 3 rings (SSSR count). The van der Waals surface area contributed by atoms with E-state index in [1.165, 1.54) is 0 Å². The van der Waals surface area contributed by atoms with Gasteiger partial charge in [0.05, 0.1) is 10.7 Å². The van der Waals surface area contributed by atoms with Gasteiger partial charge in [-0.15, -0.1) is 0 Å². The van der Waals surface area contributed by atoms with Crippen molar-refractivity contribution in [1.82, 2.24) is 14.9 Å². The summed E-state index contributed by atoms with van der Waals surface area (Å²) in [6.07, 6.45) is 3.59. The fourth-order valence-electron chi connectivity index (χ4n) is 1.75. The smallest absolute Gasteiger partial charge is 0.254 e. The molecule has 0 fully saturated rings. The molecule has 0 aliphatic carbocycles. The number of hydrogen-bond donors (Lipinski definition) is 0. The monoisotopic (exact) mass is 333 g/mol. The predicted octanol–water partition coefficient (Wildman–Crippen LogP) is 3.26. The Hall–Kier alpha value is -2.08. The van der Waals surface area contributed by atoms with Gasteiger partial charge in [-0.1, -0.05) is 30.3 Å². The lowest BCUT2D eigenvalue weighted by Crippen LogP contribution is -1.98. The number of benzene rings is 1. The fourth-order valence-corrected chi connectivity index (χ4v) is 2.08. The van der Waals surface area contributed by atoms with Crippen LogP contribution in [-0.2, 0) is 13.2 Å². The van der Waals surface area contributed by atoms with Gasteiger partial charge >= 0.3 is 0 Å². The van der Waals surface area contributed by atoms with Crippen molar-refractivity contribution in [3.63, 3.8) is 0 Å². The van der Waals surface area contributed by atoms with Crippen molar-refractivity contribution < 1.29 is 9.26 Å². The molecule has 0 unspecified atom stereocenters. The van der Waals surface area contributed by atoms with Crippen molar-refractivity contribution in [1.29, 1.82) is 0 Å². The minimum atomic E-state index is 0.472. The first-order chi connectivity index (χ1) is 9.79. The lowest BCUT2D eigenvalue weighted by Gasteiger charge is -2.00. The zero-order chi connectivity index (χ0) is 13.8. The lowest BCUT2D eigenvalue weighted by molar-refractivity contribution is 0.265. The van der Waals surface area contributed by atoms with Crippen LogP contribution in [-0.4, -0.2) is 14.9 Å². The summed E-state index contributed by atoms with van der Waals surface area (Å²) in [6, 6.07) is 11.7. The Morgan fingerprint density at radius 2 is 2.10 bits per heavy atom.